The van der Waals surface area contributed by atoms with Crippen molar-refractivity contribution in [2.75, 3.05) is 6.54 Å². The lowest BCUT2D eigenvalue weighted by Gasteiger charge is -2.52. The normalized spacial score (nSPS) is 45.8. The average molecular weight is 224 g/mol. The van der Waals surface area contributed by atoms with Crippen LogP contribution in [0.2, 0.25) is 0 Å². The zero-order valence-corrected chi connectivity index (χ0v) is 11.4. The first-order valence-corrected chi connectivity index (χ1v) is 7.00. The van der Waals surface area contributed by atoms with Gasteiger partial charge in [0.25, 0.3) is 0 Å². The summed E-state index contributed by atoms with van der Waals surface area (Å²) in [6.07, 6.45) is 5.25. The zero-order chi connectivity index (χ0) is 11.9. The van der Waals surface area contributed by atoms with E-state index in [1.807, 2.05) is 0 Å². The van der Waals surface area contributed by atoms with Crippen molar-refractivity contribution >= 4 is 0 Å². The maximum atomic E-state index is 6.48. The second-order valence-electron chi connectivity index (χ2n) is 6.46. The van der Waals surface area contributed by atoms with Gasteiger partial charge in [-0.25, -0.2) is 0 Å². The van der Waals surface area contributed by atoms with Crippen LogP contribution < -0.4 is 5.73 Å². The number of hydrogen-bond acceptors (Lipinski definition) is 2. The van der Waals surface area contributed by atoms with Crippen LogP contribution in [0.1, 0.15) is 53.4 Å². The van der Waals surface area contributed by atoms with Gasteiger partial charge in [-0.3, -0.25) is 4.90 Å². The van der Waals surface area contributed by atoms with E-state index < -0.39 is 0 Å². The average Bonchev–Trinajstić information content (AvgIpc) is 2.52. The van der Waals surface area contributed by atoms with Crippen LogP contribution in [0.25, 0.3) is 0 Å². The summed E-state index contributed by atoms with van der Waals surface area (Å²) in [5, 5.41) is 0. The third-order valence-corrected chi connectivity index (χ3v) is 5.10. The minimum atomic E-state index is 0.311. The lowest BCUT2D eigenvalue weighted by Crippen LogP contribution is -2.61. The molecule has 1 heterocycles. The Bertz CT molecular complexity index is 251. The van der Waals surface area contributed by atoms with E-state index in [2.05, 4.69) is 32.6 Å². The molecule has 0 amide bonds. The number of likely N-dealkylation sites (tertiary alicyclic amines) is 1. The molecular weight excluding hydrogens is 196 g/mol. The summed E-state index contributed by atoms with van der Waals surface area (Å²) in [4.78, 5) is 2.71. The molecule has 1 saturated carbocycles. The summed E-state index contributed by atoms with van der Waals surface area (Å²) >= 11 is 0. The molecule has 2 heteroatoms. The van der Waals surface area contributed by atoms with E-state index in [9.17, 15) is 0 Å². The molecule has 0 radical (unpaired) electrons. The third kappa shape index (κ3) is 1.70. The highest BCUT2D eigenvalue weighted by Crippen LogP contribution is 2.47. The highest BCUT2D eigenvalue weighted by molar-refractivity contribution is 5.10. The van der Waals surface area contributed by atoms with Crippen LogP contribution in [0.15, 0.2) is 0 Å². The largest absolute Gasteiger partial charge is 0.326 e. The molecule has 2 aliphatic rings. The quantitative estimate of drug-likeness (QED) is 0.742. The van der Waals surface area contributed by atoms with Gasteiger partial charge in [-0.1, -0.05) is 20.3 Å². The highest BCUT2D eigenvalue weighted by atomic mass is 15.3. The summed E-state index contributed by atoms with van der Waals surface area (Å²) in [5.41, 5.74) is 6.79. The molecule has 2 fully saturated rings. The Morgan fingerprint density at radius 2 is 1.88 bits per heavy atom. The fourth-order valence-electron chi connectivity index (χ4n) is 4.25. The monoisotopic (exact) mass is 224 g/mol. The summed E-state index contributed by atoms with van der Waals surface area (Å²) in [7, 11) is 0. The molecule has 1 aliphatic carbocycles. The van der Waals surface area contributed by atoms with E-state index in [1.54, 1.807) is 0 Å². The van der Waals surface area contributed by atoms with Crippen molar-refractivity contribution in [2.45, 2.75) is 71.0 Å². The maximum Gasteiger partial charge on any atom is 0.0391 e. The lowest BCUT2D eigenvalue weighted by molar-refractivity contribution is -0.00624. The molecule has 94 valence electrons. The van der Waals surface area contributed by atoms with Crippen LogP contribution in [0, 0.1) is 11.8 Å². The molecule has 1 saturated heterocycles. The molecule has 1 spiro atoms. The number of hydrogen-bond donors (Lipinski definition) is 1. The molecule has 2 nitrogen and oxygen atoms in total. The van der Waals surface area contributed by atoms with Gasteiger partial charge >= 0.3 is 0 Å². The molecule has 16 heavy (non-hydrogen) atoms. The topological polar surface area (TPSA) is 29.3 Å². The van der Waals surface area contributed by atoms with Crippen LogP contribution in [-0.2, 0) is 0 Å². The second kappa shape index (κ2) is 4.30. The Morgan fingerprint density at radius 1 is 1.19 bits per heavy atom. The molecule has 0 aromatic heterocycles. The molecule has 2 rings (SSSR count). The fraction of sp³-hybridized carbons (Fsp3) is 1.00. The van der Waals surface area contributed by atoms with Gasteiger partial charge in [0.05, 0.1) is 0 Å². The van der Waals surface area contributed by atoms with Crippen LogP contribution in [0.3, 0.4) is 0 Å². The predicted molar refractivity (Wildman–Crippen MR) is 69.3 cm³/mol. The molecular formula is C14H28N2. The third-order valence-electron chi connectivity index (χ3n) is 5.10. The molecule has 1 aliphatic heterocycles. The zero-order valence-electron chi connectivity index (χ0n) is 11.4. The van der Waals surface area contributed by atoms with E-state index >= 15 is 0 Å². The van der Waals surface area contributed by atoms with Gasteiger partial charge in [-0.2, -0.15) is 0 Å². The van der Waals surface area contributed by atoms with Crippen molar-refractivity contribution in [1.29, 1.82) is 0 Å². The summed E-state index contributed by atoms with van der Waals surface area (Å²) in [6, 6.07) is 1.04. The van der Waals surface area contributed by atoms with Gasteiger partial charge in [0, 0.05) is 24.2 Å². The van der Waals surface area contributed by atoms with Crippen molar-refractivity contribution < 1.29 is 0 Å². The molecule has 4 unspecified atom stereocenters. The number of rotatable bonds is 1. The molecule has 0 aromatic carbocycles. The molecule has 4 atom stereocenters. The van der Waals surface area contributed by atoms with Gasteiger partial charge in [-0.05, 0) is 44.9 Å². The van der Waals surface area contributed by atoms with Crippen molar-refractivity contribution in [3.8, 4) is 0 Å². The number of nitrogens with two attached hydrogens (primary N) is 1. The van der Waals surface area contributed by atoms with Crippen LogP contribution in [0.5, 0.6) is 0 Å². The Labute approximate surface area is 101 Å². The number of nitrogens with zero attached hydrogens (tertiary/aromatic N) is 1. The van der Waals surface area contributed by atoms with E-state index in [-0.39, 0.29) is 0 Å². The predicted octanol–water partition coefficient (Wildman–Crippen LogP) is 2.62. The van der Waals surface area contributed by atoms with Crippen molar-refractivity contribution in [3.05, 3.63) is 0 Å². The lowest BCUT2D eigenvalue weighted by atomic mass is 9.66. The van der Waals surface area contributed by atoms with Crippen LogP contribution in [0.4, 0.5) is 0 Å². The van der Waals surface area contributed by atoms with Crippen molar-refractivity contribution in [2.24, 2.45) is 17.6 Å². The smallest absolute Gasteiger partial charge is 0.0391 e. The summed E-state index contributed by atoms with van der Waals surface area (Å²) < 4.78 is 0. The van der Waals surface area contributed by atoms with E-state index in [0.29, 0.717) is 17.6 Å². The standard InChI is InChI=1S/C14H28N2/c1-10(2)16-8-7-13(15)14(16)9-11(3)5-6-12(14)4/h10-13H,5-9,15H2,1-4H3. The fourth-order valence-corrected chi connectivity index (χ4v) is 4.25. The van der Waals surface area contributed by atoms with Crippen LogP contribution >= 0.6 is 0 Å². The highest BCUT2D eigenvalue weighted by Gasteiger charge is 2.53. The van der Waals surface area contributed by atoms with Gasteiger partial charge in [0.2, 0.25) is 0 Å². The van der Waals surface area contributed by atoms with E-state index in [4.69, 9.17) is 5.73 Å². The first-order chi connectivity index (χ1) is 7.48. The Kier molecular flexibility index (Phi) is 3.33. The minimum absolute atomic E-state index is 0.311. The van der Waals surface area contributed by atoms with Gasteiger partial charge in [-0.15, -0.1) is 0 Å². The SMILES string of the molecule is CC1CCC(C)C2(C1)C(N)CCN2C(C)C. The first kappa shape index (κ1) is 12.4. The summed E-state index contributed by atoms with van der Waals surface area (Å²) in [5.74, 6) is 1.62. The van der Waals surface area contributed by atoms with Crippen LogP contribution in [-0.4, -0.2) is 29.1 Å². The Morgan fingerprint density at radius 3 is 2.50 bits per heavy atom. The second-order valence-corrected chi connectivity index (χ2v) is 6.46. The first-order valence-electron chi connectivity index (χ1n) is 7.00. The molecule has 0 aromatic rings. The van der Waals surface area contributed by atoms with Crippen molar-refractivity contribution in [3.63, 3.8) is 0 Å². The minimum Gasteiger partial charge on any atom is -0.326 e. The van der Waals surface area contributed by atoms with E-state index in [0.717, 1.165) is 11.8 Å². The molecule has 0 bridgehead atoms. The Balaban J connectivity index is 2.30. The van der Waals surface area contributed by atoms with Gasteiger partial charge in [0.1, 0.15) is 0 Å². The van der Waals surface area contributed by atoms with Crippen molar-refractivity contribution in [1.82, 2.24) is 4.90 Å². The summed E-state index contributed by atoms with van der Waals surface area (Å²) in [6.45, 7) is 10.7. The maximum absolute atomic E-state index is 6.48. The van der Waals surface area contributed by atoms with Gasteiger partial charge < -0.3 is 5.73 Å². The molecule has 2 N–H and O–H groups in total. The van der Waals surface area contributed by atoms with Gasteiger partial charge in [0.15, 0.2) is 0 Å². The van der Waals surface area contributed by atoms with E-state index in [1.165, 1.54) is 32.2 Å². The Hall–Kier alpha value is -0.0800.